The molecule has 0 aromatic carbocycles. The van der Waals surface area contributed by atoms with E-state index in [0.717, 1.165) is 12.8 Å². The van der Waals surface area contributed by atoms with Gasteiger partial charge < -0.3 is 33.9 Å². The predicted octanol–water partition coefficient (Wildman–Crippen LogP) is 0.180. The molecule has 0 aliphatic rings. The van der Waals surface area contributed by atoms with Crippen molar-refractivity contribution in [3.05, 3.63) is 0 Å². The molecule has 0 saturated heterocycles. The van der Waals surface area contributed by atoms with Crippen LogP contribution in [0.5, 0.6) is 0 Å². The predicted molar refractivity (Wildman–Crippen MR) is 77.2 cm³/mol. The zero-order valence-corrected chi connectivity index (χ0v) is 13.0. The van der Waals surface area contributed by atoms with E-state index >= 15 is 0 Å². The lowest BCUT2D eigenvalue weighted by Gasteiger charge is -2.17. The van der Waals surface area contributed by atoms with Gasteiger partial charge in [-0.25, -0.2) is 0 Å². The van der Waals surface area contributed by atoms with Crippen molar-refractivity contribution in [2.75, 3.05) is 66.1 Å². The van der Waals surface area contributed by atoms with E-state index in [4.69, 9.17) is 33.9 Å². The summed E-state index contributed by atoms with van der Waals surface area (Å²) in [6.07, 6.45) is 1.49. The van der Waals surface area contributed by atoms with Crippen molar-refractivity contribution in [1.29, 1.82) is 0 Å². The number of hydrogen-bond acceptors (Lipinski definition) is 7. The molecular weight excluding hydrogens is 280 g/mol. The van der Waals surface area contributed by atoms with E-state index in [-0.39, 0.29) is 26.1 Å². The van der Waals surface area contributed by atoms with Crippen LogP contribution in [0.2, 0.25) is 0 Å². The highest BCUT2D eigenvalue weighted by atomic mass is 16.7. The molecule has 7 nitrogen and oxygen atoms in total. The van der Waals surface area contributed by atoms with Crippen LogP contribution in [-0.4, -0.2) is 82.6 Å². The summed E-state index contributed by atoms with van der Waals surface area (Å²) in [7, 11) is 0. The van der Waals surface area contributed by atoms with Crippen molar-refractivity contribution in [3.63, 3.8) is 0 Å². The number of aliphatic hydroxyl groups is 2. The van der Waals surface area contributed by atoms with Gasteiger partial charge in [0.2, 0.25) is 0 Å². The lowest BCUT2D eigenvalue weighted by Crippen LogP contribution is -2.21. The molecular formula is C14H30O7. The van der Waals surface area contributed by atoms with Crippen LogP contribution in [0, 0.1) is 0 Å². The normalized spacial score (nSPS) is 12.7. The first kappa shape index (κ1) is 20.7. The lowest BCUT2D eigenvalue weighted by molar-refractivity contribution is -0.159. The minimum Gasteiger partial charge on any atom is -0.394 e. The van der Waals surface area contributed by atoms with Crippen LogP contribution in [0.25, 0.3) is 0 Å². The summed E-state index contributed by atoms with van der Waals surface area (Å²) in [5.41, 5.74) is 0. The molecule has 0 saturated carbocycles. The molecule has 0 heterocycles. The quantitative estimate of drug-likeness (QED) is 0.293. The Morgan fingerprint density at radius 1 is 0.667 bits per heavy atom. The Kier molecular flexibility index (Phi) is 17.5. The average molecular weight is 310 g/mol. The van der Waals surface area contributed by atoms with Crippen LogP contribution in [-0.2, 0) is 23.7 Å². The molecule has 0 aromatic heterocycles. The zero-order chi connectivity index (χ0) is 15.6. The van der Waals surface area contributed by atoms with Crippen molar-refractivity contribution in [2.24, 2.45) is 0 Å². The van der Waals surface area contributed by atoms with Crippen LogP contribution >= 0.6 is 0 Å². The molecule has 7 heteroatoms. The van der Waals surface area contributed by atoms with Crippen molar-refractivity contribution < 1.29 is 33.9 Å². The monoisotopic (exact) mass is 310 g/mol. The van der Waals surface area contributed by atoms with Gasteiger partial charge in [0.05, 0.1) is 66.1 Å². The second-order valence-corrected chi connectivity index (χ2v) is 4.24. The minimum absolute atomic E-state index is 0.000564. The first-order valence-electron chi connectivity index (χ1n) is 7.53. The Labute approximate surface area is 127 Å². The Hall–Kier alpha value is -0.280. The largest absolute Gasteiger partial charge is 0.394 e. The molecule has 0 aliphatic heterocycles. The number of hydrogen-bond donors (Lipinski definition) is 2. The van der Waals surface area contributed by atoms with Gasteiger partial charge in [-0.2, -0.15) is 0 Å². The van der Waals surface area contributed by atoms with E-state index in [1.54, 1.807) is 0 Å². The first-order chi connectivity index (χ1) is 10.3. The molecule has 0 bridgehead atoms. The van der Waals surface area contributed by atoms with Gasteiger partial charge in [-0.15, -0.1) is 0 Å². The molecule has 0 spiro atoms. The maximum Gasteiger partial charge on any atom is 0.157 e. The molecule has 0 aliphatic carbocycles. The van der Waals surface area contributed by atoms with E-state index < -0.39 is 0 Å². The van der Waals surface area contributed by atoms with Gasteiger partial charge in [-0.05, 0) is 6.42 Å². The van der Waals surface area contributed by atoms with Gasteiger partial charge in [0.15, 0.2) is 6.29 Å². The van der Waals surface area contributed by atoms with Crippen LogP contribution in [0.15, 0.2) is 0 Å². The fourth-order valence-corrected chi connectivity index (χ4v) is 1.48. The van der Waals surface area contributed by atoms with E-state index in [1.807, 2.05) is 0 Å². The highest BCUT2D eigenvalue weighted by molar-refractivity contribution is 4.44. The third-order valence-electron chi connectivity index (χ3n) is 2.43. The van der Waals surface area contributed by atoms with Crippen molar-refractivity contribution in [2.45, 2.75) is 26.1 Å². The Bertz CT molecular complexity index is 192. The summed E-state index contributed by atoms with van der Waals surface area (Å²) in [5, 5.41) is 17.2. The summed E-state index contributed by atoms with van der Waals surface area (Å²) in [5.74, 6) is 0. The Balaban J connectivity index is 3.25. The molecule has 1 atom stereocenters. The molecule has 128 valence electrons. The van der Waals surface area contributed by atoms with Gasteiger partial charge in [0.1, 0.15) is 0 Å². The summed E-state index contributed by atoms with van der Waals surface area (Å²) in [6, 6.07) is 0. The second kappa shape index (κ2) is 17.8. The van der Waals surface area contributed by atoms with E-state index in [9.17, 15) is 0 Å². The molecule has 2 N–H and O–H groups in total. The van der Waals surface area contributed by atoms with Gasteiger partial charge in [0.25, 0.3) is 0 Å². The molecule has 0 amide bonds. The van der Waals surface area contributed by atoms with Gasteiger partial charge in [-0.3, -0.25) is 0 Å². The molecule has 0 rings (SSSR count). The van der Waals surface area contributed by atoms with Crippen LogP contribution in [0.3, 0.4) is 0 Å². The van der Waals surface area contributed by atoms with Gasteiger partial charge >= 0.3 is 0 Å². The number of rotatable bonds is 17. The Morgan fingerprint density at radius 2 is 1.14 bits per heavy atom. The molecule has 0 radical (unpaired) electrons. The fraction of sp³-hybridized carbons (Fsp3) is 1.00. The summed E-state index contributed by atoms with van der Waals surface area (Å²) < 4.78 is 26.5. The molecule has 1 unspecified atom stereocenters. The zero-order valence-electron chi connectivity index (χ0n) is 13.0. The van der Waals surface area contributed by atoms with Gasteiger partial charge in [0, 0.05) is 0 Å². The van der Waals surface area contributed by atoms with Crippen LogP contribution < -0.4 is 0 Å². The fourth-order valence-electron chi connectivity index (χ4n) is 1.48. The third kappa shape index (κ3) is 15.9. The highest BCUT2D eigenvalue weighted by Crippen LogP contribution is 2.03. The number of ether oxygens (including phenoxy) is 5. The number of aliphatic hydroxyl groups excluding tert-OH is 2. The average Bonchev–Trinajstić information content (AvgIpc) is 2.50. The maximum atomic E-state index is 8.70. The molecule has 0 fully saturated rings. The van der Waals surface area contributed by atoms with Crippen LogP contribution in [0.4, 0.5) is 0 Å². The van der Waals surface area contributed by atoms with E-state index in [2.05, 4.69) is 6.92 Å². The standard InChI is InChI=1S/C14H30O7/c1-2-3-14(20-7-5-16)21-13-12-19-11-10-18-9-8-17-6-4-15/h14-16H,2-13H2,1H3. The minimum atomic E-state index is -0.273. The SMILES string of the molecule is CCCC(OCCO)OCCOCCOCCOCCO. The first-order valence-corrected chi connectivity index (χ1v) is 7.53. The summed E-state index contributed by atoms with van der Waals surface area (Å²) in [4.78, 5) is 0. The topological polar surface area (TPSA) is 86.6 Å². The van der Waals surface area contributed by atoms with Crippen molar-refractivity contribution >= 4 is 0 Å². The molecule has 0 aromatic rings. The smallest absolute Gasteiger partial charge is 0.157 e. The van der Waals surface area contributed by atoms with Crippen LogP contribution in [0.1, 0.15) is 19.8 Å². The summed E-state index contributed by atoms with van der Waals surface area (Å²) >= 11 is 0. The third-order valence-corrected chi connectivity index (χ3v) is 2.43. The lowest BCUT2D eigenvalue weighted by atomic mass is 10.3. The second-order valence-electron chi connectivity index (χ2n) is 4.24. The van der Waals surface area contributed by atoms with Crippen molar-refractivity contribution in [3.8, 4) is 0 Å². The maximum absolute atomic E-state index is 8.70. The summed E-state index contributed by atoms with van der Waals surface area (Å²) in [6.45, 7) is 5.62. The van der Waals surface area contributed by atoms with E-state index in [0.29, 0.717) is 46.2 Å². The highest BCUT2D eigenvalue weighted by Gasteiger charge is 2.07. The van der Waals surface area contributed by atoms with Gasteiger partial charge in [-0.1, -0.05) is 13.3 Å². The Morgan fingerprint density at radius 3 is 1.67 bits per heavy atom. The molecule has 21 heavy (non-hydrogen) atoms. The van der Waals surface area contributed by atoms with E-state index in [1.165, 1.54) is 0 Å². The van der Waals surface area contributed by atoms with Crippen molar-refractivity contribution in [1.82, 2.24) is 0 Å².